The van der Waals surface area contributed by atoms with Gasteiger partial charge in [0, 0.05) is 65.4 Å². The Morgan fingerprint density at radius 2 is 0.848 bits per heavy atom. The molecule has 1 aliphatic rings. The van der Waals surface area contributed by atoms with E-state index in [0.717, 1.165) is 0 Å². The lowest BCUT2D eigenvalue weighted by Gasteiger charge is -2.33. The summed E-state index contributed by atoms with van der Waals surface area (Å²) in [5, 5.41) is 14.9. The first-order valence-corrected chi connectivity index (χ1v) is 15.9. The fourth-order valence-corrected chi connectivity index (χ4v) is 4.45. The van der Waals surface area contributed by atoms with Gasteiger partial charge in [0.05, 0.1) is 26.2 Å². The number of esters is 2. The molecule has 2 amide bonds. The van der Waals surface area contributed by atoms with Crippen molar-refractivity contribution in [3.63, 3.8) is 0 Å². The van der Waals surface area contributed by atoms with Crippen molar-refractivity contribution in [3.8, 4) is 0 Å². The fraction of sp³-hybridized carbons (Fsp3) is 0.839. The van der Waals surface area contributed by atoms with Gasteiger partial charge in [0.1, 0.15) is 16.8 Å². The molecule has 0 aromatic rings. The lowest BCUT2D eigenvalue weighted by Crippen LogP contribution is -2.50. The molecular weight excluding hydrogens is 600 g/mol. The zero-order chi connectivity index (χ0) is 35.1. The first kappa shape index (κ1) is 41.0. The molecule has 0 aromatic heterocycles. The Bertz CT molecular complexity index is 1000. The Hall–Kier alpha value is -3.01. The molecule has 1 fully saturated rings. The highest BCUT2D eigenvalue weighted by Gasteiger charge is 2.25. The molecule has 0 saturated carbocycles. The highest BCUT2D eigenvalue weighted by molar-refractivity contribution is 5.78. The third kappa shape index (κ3) is 21.7. The highest BCUT2D eigenvalue weighted by atomic mass is 16.6. The van der Waals surface area contributed by atoms with Crippen molar-refractivity contribution in [1.29, 1.82) is 0 Å². The lowest BCUT2D eigenvalue weighted by molar-refractivity contribution is -0.158. The summed E-state index contributed by atoms with van der Waals surface area (Å²) in [6.07, 6.45) is -0.571. The lowest BCUT2D eigenvalue weighted by atomic mass is 10.2. The van der Waals surface area contributed by atoms with Crippen molar-refractivity contribution >= 4 is 29.9 Å². The third-order valence-electron chi connectivity index (χ3n) is 6.32. The second-order valence-electron chi connectivity index (χ2n) is 14.4. The minimum Gasteiger partial charge on any atom is -0.480 e. The largest absolute Gasteiger partial charge is 0.480 e. The first-order chi connectivity index (χ1) is 21.1. The summed E-state index contributed by atoms with van der Waals surface area (Å²) in [7, 11) is 0. The number of carbonyl (C=O) groups is 5. The minimum absolute atomic E-state index is 0.0214. The maximum absolute atomic E-state index is 12.8. The normalized spacial score (nSPS) is 17.2. The van der Waals surface area contributed by atoms with E-state index in [-0.39, 0.29) is 57.1 Å². The molecule has 1 heterocycles. The predicted octanol–water partition coefficient (Wildman–Crippen LogP) is 0.617. The van der Waals surface area contributed by atoms with Gasteiger partial charge >= 0.3 is 24.0 Å². The van der Waals surface area contributed by atoms with E-state index in [2.05, 4.69) is 10.6 Å². The average Bonchev–Trinajstić information content (AvgIpc) is 2.84. The van der Waals surface area contributed by atoms with Crippen LogP contribution in [0.3, 0.4) is 0 Å². The summed E-state index contributed by atoms with van der Waals surface area (Å²) >= 11 is 0. The van der Waals surface area contributed by atoms with Gasteiger partial charge in [0.25, 0.3) is 0 Å². The number of ether oxygens (including phenoxy) is 3. The van der Waals surface area contributed by atoms with E-state index in [9.17, 15) is 29.1 Å². The second kappa shape index (κ2) is 19.0. The molecule has 0 spiro atoms. The Morgan fingerprint density at radius 1 is 0.522 bits per heavy atom. The summed E-state index contributed by atoms with van der Waals surface area (Å²) in [5.41, 5.74) is -1.93. The molecule has 15 nitrogen and oxygen atoms in total. The number of nitrogens with one attached hydrogen (secondary N) is 2. The molecule has 46 heavy (non-hydrogen) atoms. The standard InChI is InChI=1S/C31H58N6O9/c1-29(2,3)44-26(41)22-36-16-13-34(20-24(38)32-10-11-33-28(43)46-31(7,8)9)12-14-35(21-25(39)40)15-17-37(19-18-36)23-27(42)45-30(4,5)6/h10-23H2,1-9H3,(H,32,38)(H,33,43)(H,39,40). The van der Waals surface area contributed by atoms with Gasteiger partial charge in [-0.05, 0) is 62.3 Å². The van der Waals surface area contributed by atoms with Gasteiger partial charge in [-0.1, -0.05) is 0 Å². The molecule has 0 unspecified atom stereocenters. The summed E-state index contributed by atoms with van der Waals surface area (Å²) in [6, 6.07) is 0. The van der Waals surface area contributed by atoms with Gasteiger partial charge in [-0.3, -0.25) is 38.8 Å². The Labute approximate surface area is 274 Å². The van der Waals surface area contributed by atoms with Crippen LogP contribution >= 0.6 is 0 Å². The van der Waals surface area contributed by atoms with Crippen LogP contribution in [0, 0.1) is 0 Å². The molecule has 0 aromatic carbocycles. The Balaban J connectivity index is 3.00. The third-order valence-corrected chi connectivity index (χ3v) is 6.32. The van der Waals surface area contributed by atoms with E-state index in [1.54, 1.807) is 67.2 Å². The van der Waals surface area contributed by atoms with E-state index < -0.39 is 28.9 Å². The fourth-order valence-electron chi connectivity index (χ4n) is 4.45. The van der Waals surface area contributed by atoms with Crippen LogP contribution in [0.4, 0.5) is 4.79 Å². The number of hydrogen-bond donors (Lipinski definition) is 3. The SMILES string of the molecule is CC(C)(C)OC(=O)CN1CCN(CC(=O)O)CCN(CC(=O)NCCNC(=O)OC(C)(C)C)CCN(CC(=O)OC(C)(C)C)CC1. The monoisotopic (exact) mass is 658 g/mol. The van der Waals surface area contributed by atoms with Crippen LogP contribution < -0.4 is 10.6 Å². The molecule has 0 radical (unpaired) electrons. The molecular formula is C31H58N6O9. The van der Waals surface area contributed by atoms with Crippen LogP contribution in [-0.4, -0.2) is 163 Å². The van der Waals surface area contributed by atoms with Gasteiger partial charge in [-0.15, -0.1) is 0 Å². The zero-order valence-corrected chi connectivity index (χ0v) is 29.4. The molecule has 1 rings (SSSR count). The van der Waals surface area contributed by atoms with Crippen molar-refractivity contribution in [2.75, 3.05) is 91.6 Å². The minimum atomic E-state index is -0.976. The molecule has 1 aliphatic heterocycles. The van der Waals surface area contributed by atoms with Gasteiger partial charge < -0.3 is 30.0 Å². The summed E-state index contributed by atoms with van der Waals surface area (Å²) in [6.45, 7) is 19.6. The first-order valence-electron chi connectivity index (χ1n) is 15.9. The van der Waals surface area contributed by atoms with Crippen molar-refractivity contribution in [1.82, 2.24) is 30.2 Å². The molecule has 0 bridgehead atoms. The number of amides is 2. The predicted molar refractivity (Wildman–Crippen MR) is 172 cm³/mol. The molecule has 0 atom stereocenters. The molecule has 266 valence electrons. The van der Waals surface area contributed by atoms with Crippen LogP contribution in [-0.2, 0) is 33.4 Å². The molecule has 3 N–H and O–H groups in total. The number of rotatable bonds is 11. The number of nitrogens with zero attached hydrogens (tertiary/aromatic N) is 4. The van der Waals surface area contributed by atoms with Gasteiger partial charge in [-0.25, -0.2) is 4.79 Å². The van der Waals surface area contributed by atoms with E-state index in [4.69, 9.17) is 14.2 Å². The van der Waals surface area contributed by atoms with Crippen molar-refractivity contribution in [2.45, 2.75) is 79.1 Å². The smallest absolute Gasteiger partial charge is 0.407 e. The highest BCUT2D eigenvalue weighted by Crippen LogP contribution is 2.10. The van der Waals surface area contributed by atoms with E-state index in [1.807, 2.05) is 14.7 Å². The quantitative estimate of drug-likeness (QED) is 0.161. The number of alkyl carbamates (subject to hydrolysis) is 1. The van der Waals surface area contributed by atoms with Gasteiger partial charge in [0.2, 0.25) is 5.91 Å². The zero-order valence-electron chi connectivity index (χ0n) is 29.4. The van der Waals surface area contributed by atoms with Gasteiger partial charge in [-0.2, -0.15) is 0 Å². The average molecular weight is 659 g/mol. The Morgan fingerprint density at radius 3 is 1.20 bits per heavy atom. The van der Waals surface area contributed by atoms with Crippen molar-refractivity contribution in [2.24, 2.45) is 0 Å². The van der Waals surface area contributed by atoms with Crippen LogP contribution in [0.1, 0.15) is 62.3 Å². The molecule has 15 heteroatoms. The topological polar surface area (TPSA) is 170 Å². The van der Waals surface area contributed by atoms with Gasteiger partial charge in [0.15, 0.2) is 0 Å². The van der Waals surface area contributed by atoms with Crippen LogP contribution in [0.15, 0.2) is 0 Å². The summed E-state index contributed by atoms with van der Waals surface area (Å²) in [5.74, 6) is -2.00. The van der Waals surface area contributed by atoms with E-state index in [1.165, 1.54) is 0 Å². The molecule has 1 saturated heterocycles. The number of carbonyl (C=O) groups excluding carboxylic acids is 4. The van der Waals surface area contributed by atoms with Crippen LogP contribution in [0.25, 0.3) is 0 Å². The maximum atomic E-state index is 12.8. The van der Waals surface area contributed by atoms with Crippen LogP contribution in [0.2, 0.25) is 0 Å². The number of carboxylic acid groups (broad SMARTS) is 1. The molecule has 0 aliphatic carbocycles. The van der Waals surface area contributed by atoms with E-state index in [0.29, 0.717) is 52.4 Å². The number of aliphatic carboxylic acids is 1. The second-order valence-corrected chi connectivity index (χ2v) is 14.4. The number of carboxylic acids is 1. The maximum Gasteiger partial charge on any atom is 0.407 e. The van der Waals surface area contributed by atoms with Crippen molar-refractivity contribution in [3.05, 3.63) is 0 Å². The number of hydrogen-bond acceptors (Lipinski definition) is 12. The Kier molecular flexibility index (Phi) is 16.9. The van der Waals surface area contributed by atoms with Crippen LogP contribution in [0.5, 0.6) is 0 Å². The van der Waals surface area contributed by atoms with Crippen molar-refractivity contribution < 1.29 is 43.3 Å². The summed E-state index contributed by atoms with van der Waals surface area (Å²) in [4.78, 5) is 69.3. The van der Waals surface area contributed by atoms with E-state index >= 15 is 0 Å². The summed E-state index contributed by atoms with van der Waals surface area (Å²) < 4.78 is 16.3.